The Balaban J connectivity index is 2.06. The Labute approximate surface area is 113 Å². The average Bonchev–Trinajstić information content (AvgIpc) is 2.39. The summed E-state index contributed by atoms with van der Waals surface area (Å²) in [4.78, 5) is 4.21. The molecule has 0 radical (unpaired) electrons. The highest BCUT2D eigenvalue weighted by Crippen LogP contribution is 2.44. The fourth-order valence-electron chi connectivity index (χ4n) is 2.44. The number of hydrogen-bond acceptors (Lipinski definition) is 5. The predicted octanol–water partition coefficient (Wildman–Crippen LogP) is 2.15. The van der Waals surface area contributed by atoms with E-state index >= 15 is 0 Å². The second kappa shape index (κ2) is 5.06. The summed E-state index contributed by atoms with van der Waals surface area (Å²) in [5, 5.41) is 12.1. The van der Waals surface area contributed by atoms with Gasteiger partial charge in [0.05, 0.1) is 17.4 Å². The highest BCUT2D eigenvalue weighted by molar-refractivity contribution is 5.63. The molecule has 0 saturated heterocycles. The minimum Gasteiger partial charge on any atom is -0.396 e. The van der Waals surface area contributed by atoms with Gasteiger partial charge in [0.15, 0.2) is 0 Å². The molecule has 2 atom stereocenters. The van der Waals surface area contributed by atoms with Crippen molar-refractivity contribution in [2.24, 2.45) is 5.41 Å². The third-order valence-corrected chi connectivity index (χ3v) is 3.90. The topological polar surface area (TPSA) is 84.0 Å². The van der Waals surface area contributed by atoms with Crippen LogP contribution in [0.3, 0.4) is 0 Å². The van der Waals surface area contributed by atoms with Crippen molar-refractivity contribution in [3.63, 3.8) is 0 Å². The number of aromatic nitrogens is 1. The van der Waals surface area contributed by atoms with Gasteiger partial charge in [0.25, 0.3) is 0 Å². The van der Waals surface area contributed by atoms with Crippen molar-refractivity contribution in [1.29, 1.82) is 5.26 Å². The van der Waals surface area contributed by atoms with Gasteiger partial charge in [-0.15, -0.1) is 0 Å². The van der Waals surface area contributed by atoms with E-state index in [9.17, 15) is 0 Å². The van der Waals surface area contributed by atoms with Crippen LogP contribution in [0.5, 0.6) is 0 Å². The Morgan fingerprint density at radius 2 is 2.37 bits per heavy atom. The van der Waals surface area contributed by atoms with E-state index in [0.717, 1.165) is 13.0 Å². The zero-order chi connectivity index (χ0) is 14.0. The van der Waals surface area contributed by atoms with E-state index in [0.29, 0.717) is 17.1 Å². The molecule has 0 aliphatic heterocycles. The van der Waals surface area contributed by atoms with Gasteiger partial charge in [0.1, 0.15) is 11.9 Å². The maximum absolute atomic E-state index is 8.79. The van der Waals surface area contributed by atoms with Crippen LogP contribution in [0.15, 0.2) is 12.3 Å². The first kappa shape index (κ1) is 13.6. The van der Waals surface area contributed by atoms with Crippen molar-refractivity contribution >= 4 is 11.5 Å². The summed E-state index contributed by atoms with van der Waals surface area (Å²) in [5.74, 6) is 0.645. The van der Waals surface area contributed by atoms with Crippen molar-refractivity contribution in [3.05, 3.63) is 17.8 Å². The monoisotopic (exact) mass is 260 g/mol. The lowest BCUT2D eigenvalue weighted by Crippen LogP contribution is -2.58. The van der Waals surface area contributed by atoms with Gasteiger partial charge in [0.2, 0.25) is 0 Å². The smallest absolute Gasteiger partial charge is 0.149 e. The van der Waals surface area contributed by atoms with Crippen molar-refractivity contribution in [1.82, 2.24) is 4.98 Å². The molecule has 0 aromatic carbocycles. The number of nitrogen functional groups attached to an aromatic ring is 1. The summed E-state index contributed by atoms with van der Waals surface area (Å²) in [6.45, 7) is 7.09. The van der Waals surface area contributed by atoms with Crippen molar-refractivity contribution in [2.75, 3.05) is 17.7 Å². The van der Waals surface area contributed by atoms with Crippen LogP contribution < -0.4 is 11.1 Å². The van der Waals surface area contributed by atoms with Gasteiger partial charge in [-0.1, -0.05) is 13.8 Å². The predicted molar refractivity (Wildman–Crippen MR) is 74.6 cm³/mol. The molecule has 102 valence electrons. The minimum absolute atomic E-state index is 0.0536. The molecular weight excluding hydrogens is 240 g/mol. The van der Waals surface area contributed by atoms with Crippen molar-refractivity contribution < 1.29 is 4.74 Å². The highest BCUT2D eigenvalue weighted by atomic mass is 16.5. The van der Waals surface area contributed by atoms with Gasteiger partial charge in [0, 0.05) is 24.3 Å². The Hall–Kier alpha value is -1.80. The molecule has 19 heavy (non-hydrogen) atoms. The number of nitrogens with one attached hydrogen (secondary N) is 1. The average molecular weight is 260 g/mol. The lowest BCUT2D eigenvalue weighted by atomic mass is 9.64. The summed E-state index contributed by atoms with van der Waals surface area (Å²) in [6, 6.07) is 3.95. The maximum Gasteiger partial charge on any atom is 0.149 e. The lowest BCUT2D eigenvalue weighted by molar-refractivity contribution is -0.0976. The van der Waals surface area contributed by atoms with E-state index in [-0.39, 0.29) is 17.6 Å². The second-order valence-electron chi connectivity index (χ2n) is 5.47. The van der Waals surface area contributed by atoms with Crippen LogP contribution >= 0.6 is 0 Å². The molecule has 1 fully saturated rings. The number of nitrogens with zero attached hydrogens (tertiary/aromatic N) is 2. The zero-order valence-electron chi connectivity index (χ0n) is 11.6. The highest BCUT2D eigenvalue weighted by Gasteiger charge is 2.49. The van der Waals surface area contributed by atoms with Gasteiger partial charge < -0.3 is 15.8 Å². The molecule has 2 unspecified atom stereocenters. The molecule has 5 heteroatoms. The first-order valence-corrected chi connectivity index (χ1v) is 6.52. The molecular formula is C14H20N4O. The van der Waals surface area contributed by atoms with Crippen LogP contribution in [-0.4, -0.2) is 23.7 Å². The number of nitriles is 1. The third-order valence-electron chi connectivity index (χ3n) is 3.90. The Kier molecular flexibility index (Phi) is 3.63. The van der Waals surface area contributed by atoms with Gasteiger partial charge in [-0.3, -0.25) is 0 Å². The summed E-state index contributed by atoms with van der Waals surface area (Å²) in [5.41, 5.74) is 6.94. The fourth-order valence-corrected chi connectivity index (χ4v) is 2.44. The Morgan fingerprint density at radius 1 is 1.63 bits per heavy atom. The first-order valence-electron chi connectivity index (χ1n) is 6.52. The molecule has 1 saturated carbocycles. The number of ether oxygens (including phenoxy) is 1. The SMILES string of the molecule is CCOC1CC(Nc2ncc(C#N)cc2N)C1(C)C. The third kappa shape index (κ3) is 2.49. The molecule has 1 aliphatic carbocycles. The van der Waals surface area contributed by atoms with Crippen molar-refractivity contribution in [3.8, 4) is 6.07 Å². The molecule has 0 amide bonds. The van der Waals surface area contributed by atoms with E-state index in [2.05, 4.69) is 24.1 Å². The Morgan fingerprint density at radius 3 is 2.89 bits per heavy atom. The molecule has 1 aliphatic rings. The van der Waals surface area contributed by atoms with Crippen molar-refractivity contribution in [2.45, 2.75) is 39.3 Å². The summed E-state index contributed by atoms with van der Waals surface area (Å²) < 4.78 is 5.69. The van der Waals surface area contributed by atoms with Gasteiger partial charge in [-0.2, -0.15) is 5.26 Å². The van der Waals surface area contributed by atoms with E-state index in [1.165, 1.54) is 6.20 Å². The normalized spacial score (nSPS) is 24.3. The largest absolute Gasteiger partial charge is 0.396 e. The standard InChI is InChI=1S/C14H20N4O/c1-4-19-12-6-11(14(12,2)3)18-13-10(16)5-9(7-15)8-17-13/h5,8,11-12H,4,6,16H2,1-3H3,(H,17,18). The number of hydrogen-bond donors (Lipinski definition) is 2. The molecule has 1 heterocycles. The fraction of sp³-hybridized carbons (Fsp3) is 0.571. The van der Waals surface area contributed by atoms with Gasteiger partial charge in [-0.05, 0) is 19.4 Å². The minimum atomic E-state index is 0.0536. The van der Waals surface area contributed by atoms with E-state index in [4.69, 9.17) is 15.7 Å². The number of pyridine rings is 1. The number of anilines is 2. The lowest BCUT2D eigenvalue weighted by Gasteiger charge is -2.51. The molecule has 3 N–H and O–H groups in total. The Bertz CT molecular complexity index is 507. The molecule has 0 spiro atoms. The van der Waals surface area contributed by atoms with E-state index in [1.54, 1.807) is 6.07 Å². The number of nitrogens with two attached hydrogens (primary N) is 1. The quantitative estimate of drug-likeness (QED) is 0.866. The van der Waals surface area contributed by atoms with Crippen LogP contribution in [-0.2, 0) is 4.74 Å². The van der Waals surface area contributed by atoms with Crippen LogP contribution in [0, 0.1) is 16.7 Å². The van der Waals surface area contributed by atoms with Crippen LogP contribution in [0.2, 0.25) is 0 Å². The summed E-state index contributed by atoms with van der Waals surface area (Å²) in [6.07, 6.45) is 2.75. The van der Waals surface area contributed by atoms with Gasteiger partial charge in [-0.25, -0.2) is 4.98 Å². The molecule has 5 nitrogen and oxygen atoms in total. The van der Waals surface area contributed by atoms with Crippen LogP contribution in [0.1, 0.15) is 32.8 Å². The zero-order valence-corrected chi connectivity index (χ0v) is 11.6. The first-order chi connectivity index (χ1) is 8.98. The van der Waals surface area contributed by atoms with Crippen LogP contribution in [0.25, 0.3) is 0 Å². The van der Waals surface area contributed by atoms with Gasteiger partial charge >= 0.3 is 0 Å². The maximum atomic E-state index is 8.79. The number of rotatable bonds is 4. The summed E-state index contributed by atoms with van der Waals surface area (Å²) in [7, 11) is 0. The van der Waals surface area contributed by atoms with E-state index < -0.39 is 0 Å². The van der Waals surface area contributed by atoms with E-state index in [1.807, 2.05) is 13.0 Å². The second-order valence-corrected chi connectivity index (χ2v) is 5.47. The molecule has 2 rings (SSSR count). The summed E-state index contributed by atoms with van der Waals surface area (Å²) >= 11 is 0. The molecule has 1 aromatic heterocycles. The van der Waals surface area contributed by atoms with Crippen LogP contribution in [0.4, 0.5) is 11.5 Å². The molecule has 1 aromatic rings. The molecule has 0 bridgehead atoms.